The summed E-state index contributed by atoms with van der Waals surface area (Å²) < 4.78 is 35.5. The molecule has 0 heterocycles. The third-order valence-corrected chi connectivity index (χ3v) is 9.47. The van der Waals surface area contributed by atoms with E-state index >= 15 is 0 Å². The van der Waals surface area contributed by atoms with Crippen LogP contribution in [0.3, 0.4) is 0 Å². The van der Waals surface area contributed by atoms with Gasteiger partial charge in [-0.25, -0.2) is 8.42 Å². The fraction of sp³-hybridized carbons (Fsp3) is 0.257. The summed E-state index contributed by atoms with van der Waals surface area (Å²) in [7, 11) is -2.66. The zero-order valence-electron chi connectivity index (χ0n) is 25.8. The molecule has 2 amide bonds. The standard InChI is InChI=1S/C35H38BrN3O5S/c1-25(2)37-35(41)33(22-27-9-6-5-7-10-27)38(23-28-11-8-12-29(36)21-28)34(40)24-39(30-15-17-31(44-4)18-16-30)45(42,43)32-19-13-26(3)14-20-32/h5-21,25,33H,22-24H2,1-4H3,(H,37,41)/t33-/m0/s1. The first-order valence-corrected chi connectivity index (χ1v) is 16.8. The van der Waals surface area contributed by atoms with Crippen LogP contribution < -0.4 is 14.4 Å². The average molecular weight is 693 g/mol. The molecule has 0 aromatic heterocycles. The van der Waals surface area contributed by atoms with E-state index in [0.29, 0.717) is 11.4 Å². The molecule has 0 spiro atoms. The van der Waals surface area contributed by atoms with Gasteiger partial charge in [-0.2, -0.15) is 0 Å². The third kappa shape index (κ3) is 8.95. The molecule has 0 aliphatic heterocycles. The van der Waals surface area contributed by atoms with Crippen LogP contribution in [0.15, 0.2) is 112 Å². The van der Waals surface area contributed by atoms with Gasteiger partial charge in [0.25, 0.3) is 10.0 Å². The number of benzene rings is 4. The van der Waals surface area contributed by atoms with Gasteiger partial charge in [0, 0.05) is 23.5 Å². The number of ether oxygens (including phenoxy) is 1. The predicted octanol–water partition coefficient (Wildman–Crippen LogP) is 6.13. The molecule has 4 aromatic rings. The van der Waals surface area contributed by atoms with E-state index in [4.69, 9.17) is 4.74 Å². The SMILES string of the molecule is COc1ccc(N(CC(=O)N(Cc2cccc(Br)c2)[C@@H](Cc2ccccc2)C(=O)NC(C)C)S(=O)(=O)c2ccc(C)cc2)cc1. The first kappa shape index (κ1) is 33.7. The van der Waals surface area contributed by atoms with Crippen LogP contribution in [0.5, 0.6) is 5.75 Å². The van der Waals surface area contributed by atoms with Crippen molar-refractivity contribution in [2.45, 2.75) is 50.7 Å². The van der Waals surface area contributed by atoms with Crippen LogP contribution in [-0.2, 0) is 32.6 Å². The molecule has 0 radical (unpaired) electrons. The first-order valence-electron chi connectivity index (χ1n) is 14.6. The highest BCUT2D eigenvalue weighted by atomic mass is 79.9. The molecule has 0 fully saturated rings. The number of nitrogens with zero attached hydrogens (tertiary/aromatic N) is 2. The summed E-state index contributed by atoms with van der Waals surface area (Å²) in [5.41, 5.74) is 2.85. The maximum absolute atomic E-state index is 14.5. The second-order valence-corrected chi connectivity index (χ2v) is 13.8. The highest BCUT2D eigenvalue weighted by Crippen LogP contribution is 2.27. The fourth-order valence-electron chi connectivity index (χ4n) is 4.88. The van der Waals surface area contributed by atoms with E-state index in [1.165, 1.54) is 24.1 Å². The highest BCUT2D eigenvalue weighted by Gasteiger charge is 2.35. The lowest BCUT2D eigenvalue weighted by Gasteiger charge is -2.34. The maximum atomic E-state index is 14.5. The van der Waals surface area contributed by atoms with Gasteiger partial charge in [0.2, 0.25) is 11.8 Å². The number of nitrogens with one attached hydrogen (secondary N) is 1. The molecule has 236 valence electrons. The Balaban J connectivity index is 1.81. The average Bonchev–Trinajstić information content (AvgIpc) is 3.02. The van der Waals surface area contributed by atoms with Crippen LogP contribution in [0.25, 0.3) is 0 Å². The molecule has 4 aromatic carbocycles. The number of aryl methyl sites for hydroxylation is 1. The number of carbonyl (C=O) groups excluding carboxylic acids is 2. The van der Waals surface area contributed by atoms with Crippen molar-refractivity contribution in [2.75, 3.05) is 18.0 Å². The summed E-state index contributed by atoms with van der Waals surface area (Å²) in [6, 6.07) is 28.8. The summed E-state index contributed by atoms with van der Waals surface area (Å²) in [6.45, 7) is 5.14. The van der Waals surface area contributed by atoms with E-state index in [9.17, 15) is 18.0 Å². The molecule has 1 N–H and O–H groups in total. The predicted molar refractivity (Wildman–Crippen MR) is 181 cm³/mol. The van der Waals surface area contributed by atoms with Crippen LogP contribution in [0.1, 0.15) is 30.5 Å². The Morgan fingerprint density at radius 3 is 2.11 bits per heavy atom. The minimum absolute atomic E-state index is 0.0497. The second kappa shape index (κ2) is 15.2. The fourth-order valence-corrected chi connectivity index (χ4v) is 6.74. The number of methoxy groups -OCH3 is 1. The Morgan fingerprint density at radius 1 is 0.867 bits per heavy atom. The molecule has 0 aliphatic carbocycles. The van der Waals surface area contributed by atoms with Crippen molar-refractivity contribution < 1.29 is 22.7 Å². The minimum atomic E-state index is -4.19. The Kier molecular flexibility index (Phi) is 11.4. The van der Waals surface area contributed by atoms with Crippen LogP contribution in [0.2, 0.25) is 0 Å². The molecule has 8 nitrogen and oxygen atoms in total. The van der Waals surface area contributed by atoms with Crippen molar-refractivity contribution in [3.8, 4) is 5.75 Å². The molecule has 0 saturated carbocycles. The zero-order valence-corrected chi connectivity index (χ0v) is 28.2. The summed E-state index contributed by atoms with van der Waals surface area (Å²) in [5, 5.41) is 2.97. The number of hydrogen-bond acceptors (Lipinski definition) is 5. The zero-order chi connectivity index (χ0) is 32.6. The number of hydrogen-bond donors (Lipinski definition) is 1. The molecule has 10 heteroatoms. The number of halogens is 1. The summed E-state index contributed by atoms with van der Waals surface area (Å²) >= 11 is 3.50. The Hall–Kier alpha value is -4.15. The van der Waals surface area contributed by atoms with E-state index in [-0.39, 0.29) is 29.8 Å². The minimum Gasteiger partial charge on any atom is -0.497 e. The Labute approximate surface area is 274 Å². The lowest BCUT2D eigenvalue weighted by atomic mass is 10.0. The van der Waals surface area contributed by atoms with Gasteiger partial charge in [-0.1, -0.05) is 76.1 Å². The van der Waals surface area contributed by atoms with Crippen molar-refractivity contribution in [3.63, 3.8) is 0 Å². The Morgan fingerprint density at radius 2 is 1.51 bits per heavy atom. The molecule has 0 unspecified atom stereocenters. The number of sulfonamides is 1. The van der Waals surface area contributed by atoms with Crippen molar-refractivity contribution in [2.24, 2.45) is 0 Å². The number of anilines is 1. The van der Waals surface area contributed by atoms with E-state index in [1.807, 2.05) is 75.4 Å². The molecule has 45 heavy (non-hydrogen) atoms. The van der Waals surface area contributed by atoms with Gasteiger partial charge in [0.1, 0.15) is 18.3 Å². The van der Waals surface area contributed by atoms with Crippen molar-refractivity contribution in [3.05, 3.63) is 124 Å². The summed E-state index contributed by atoms with van der Waals surface area (Å²) in [6.07, 6.45) is 0.242. The van der Waals surface area contributed by atoms with Gasteiger partial charge in [-0.15, -0.1) is 0 Å². The van der Waals surface area contributed by atoms with Crippen LogP contribution in [-0.4, -0.2) is 50.9 Å². The number of amides is 2. The van der Waals surface area contributed by atoms with Crippen LogP contribution >= 0.6 is 15.9 Å². The molecule has 0 aliphatic rings. The van der Waals surface area contributed by atoms with Crippen molar-refractivity contribution in [1.82, 2.24) is 10.2 Å². The molecule has 1 atom stereocenters. The molecule has 0 bridgehead atoms. The van der Waals surface area contributed by atoms with Crippen LogP contribution in [0, 0.1) is 6.92 Å². The van der Waals surface area contributed by atoms with E-state index in [2.05, 4.69) is 21.2 Å². The quantitative estimate of drug-likeness (QED) is 0.182. The lowest BCUT2D eigenvalue weighted by molar-refractivity contribution is -0.140. The van der Waals surface area contributed by atoms with Gasteiger partial charge in [-0.05, 0) is 80.4 Å². The molecule has 0 saturated heterocycles. The summed E-state index contributed by atoms with van der Waals surface area (Å²) in [4.78, 5) is 29.8. The van der Waals surface area contributed by atoms with E-state index in [0.717, 1.165) is 25.5 Å². The molecular formula is C35H38BrN3O5S. The van der Waals surface area contributed by atoms with E-state index < -0.39 is 28.5 Å². The molecule has 4 rings (SSSR count). The smallest absolute Gasteiger partial charge is 0.264 e. The largest absolute Gasteiger partial charge is 0.497 e. The summed E-state index contributed by atoms with van der Waals surface area (Å²) in [5.74, 6) is -0.307. The highest BCUT2D eigenvalue weighted by molar-refractivity contribution is 9.10. The number of carbonyl (C=O) groups is 2. The van der Waals surface area contributed by atoms with Gasteiger partial charge in [0.05, 0.1) is 17.7 Å². The maximum Gasteiger partial charge on any atom is 0.264 e. The van der Waals surface area contributed by atoms with Crippen LogP contribution in [0.4, 0.5) is 5.69 Å². The lowest BCUT2D eigenvalue weighted by Crippen LogP contribution is -2.54. The molecular weight excluding hydrogens is 654 g/mol. The van der Waals surface area contributed by atoms with Gasteiger partial charge in [-0.3, -0.25) is 13.9 Å². The Bertz CT molecular complexity index is 1700. The second-order valence-electron chi connectivity index (χ2n) is 11.0. The van der Waals surface area contributed by atoms with Gasteiger partial charge in [0.15, 0.2) is 0 Å². The van der Waals surface area contributed by atoms with Crippen molar-refractivity contribution >= 4 is 43.5 Å². The normalized spacial score (nSPS) is 12.0. The first-order chi connectivity index (χ1) is 21.5. The monoisotopic (exact) mass is 691 g/mol. The topological polar surface area (TPSA) is 96.0 Å². The third-order valence-electron chi connectivity index (χ3n) is 7.19. The van der Waals surface area contributed by atoms with Crippen molar-refractivity contribution in [1.29, 1.82) is 0 Å². The van der Waals surface area contributed by atoms with E-state index in [1.54, 1.807) is 36.4 Å². The van der Waals surface area contributed by atoms with Gasteiger partial charge >= 0.3 is 0 Å². The number of rotatable bonds is 13. The van der Waals surface area contributed by atoms with Gasteiger partial charge < -0.3 is 15.0 Å².